The molecule has 2 aliphatic rings. The summed E-state index contributed by atoms with van der Waals surface area (Å²) in [5.74, 6) is -0.137. The number of rotatable bonds is 7. The predicted molar refractivity (Wildman–Crippen MR) is 87.1 cm³/mol. The van der Waals surface area contributed by atoms with Gasteiger partial charge in [0.1, 0.15) is 0 Å². The second kappa shape index (κ2) is 8.43. The molecule has 132 valence electrons. The Morgan fingerprint density at radius 1 is 1.17 bits per heavy atom. The molecule has 2 fully saturated rings. The van der Waals surface area contributed by atoms with Crippen LogP contribution in [0.25, 0.3) is 0 Å². The van der Waals surface area contributed by atoms with Crippen molar-refractivity contribution < 1.29 is 18.3 Å². The third-order valence-electron chi connectivity index (χ3n) is 5.03. The lowest BCUT2D eigenvalue weighted by Gasteiger charge is -2.30. The van der Waals surface area contributed by atoms with E-state index in [1.807, 2.05) is 0 Å². The Morgan fingerprint density at radius 3 is 2.52 bits per heavy atom. The van der Waals surface area contributed by atoms with Gasteiger partial charge < -0.3 is 9.84 Å². The largest absolute Gasteiger partial charge is 0.393 e. The highest BCUT2D eigenvalue weighted by molar-refractivity contribution is 7.89. The maximum Gasteiger partial charge on any atom is 0.213 e. The standard InChI is InChI=1S/C16H28N2O4S/c17-13-16(8-4-1-5-9-16)22-10-11-23(20,21)18-12-14-6-2-3-7-15(14)19/h14-15,18-19H,1-12H2/t14-,15+/m1/s1. The number of ether oxygens (including phenoxy) is 1. The van der Waals surface area contributed by atoms with Crippen LogP contribution in [-0.4, -0.2) is 44.1 Å². The zero-order chi connectivity index (χ0) is 16.8. The molecule has 2 saturated carbocycles. The van der Waals surface area contributed by atoms with Crippen molar-refractivity contribution in [2.24, 2.45) is 5.92 Å². The maximum atomic E-state index is 12.1. The van der Waals surface area contributed by atoms with Gasteiger partial charge >= 0.3 is 0 Å². The van der Waals surface area contributed by atoms with Crippen molar-refractivity contribution in [1.29, 1.82) is 5.26 Å². The lowest BCUT2D eigenvalue weighted by molar-refractivity contribution is -0.0197. The highest BCUT2D eigenvalue weighted by Crippen LogP contribution is 2.31. The van der Waals surface area contributed by atoms with Gasteiger partial charge in [-0.05, 0) is 44.4 Å². The van der Waals surface area contributed by atoms with E-state index >= 15 is 0 Å². The van der Waals surface area contributed by atoms with Crippen LogP contribution in [0.4, 0.5) is 0 Å². The summed E-state index contributed by atoms with van der Waals surface area (Å²) in [6.07, 6.45) is 7.64. The summed E-state index contributed by atoms with van der Waals surface area (Å²) in [5, 5.41) is 19.2. The van der Waals surface area contributed by atoms with E-state index in [1.54, 1.807) is 0 Å². The van der Waals surface area contributed by atoms with Gasteiger partial charge in [-0.1, -0.05) is 19.3 Å². The minimum atomic E-state index is -3.44. The molecule has 6 nitrogen and oxygen atoms in total. The number of nitriles is 1. The molecule has 0 aromatic heterocycles. The summed E-state index contributed by atoms with van der Waals surface area (Å²) in [7, 11) is -3.44. The van der Waals surface area contributed by atoms with Crippen LogP contribution in [0.15, 0.2) is 0 Å². The monoisotopic (exact) mass is 344 g/mol. The van der Waals surface area contributed by atoms with Gasteiger partial charge in [0.2, 0.25) is 10.0 Å². The van der Waals surface area contributed by atoms with E-state index < -0.39 is 21.7 Å². The van der Waals surface area contributed by atoms with E-state index in [-0.39, 0.29) is 24.8 Å². The lowest BCUT2D eigenvalue weighted by Crippen LogP contribution is -2.39. The highest BCUT2D eigenvalue weighted by atomic mass is 32.2. The average molecular weight is 344 g/mol. The second-order valence-electron chi connectivity index (χ2n) is 6.79. The Bertz CT molecular complexity index is 509. The molecule has 2 aliphatic carbocycles. The minimum Gasteiger partial charge on any atom is -0.393 e. The number of nitrogens with zero attached hydrogens (tertiary/aromatic N) is 1. The SMILES string of the molecule is N#CC1(OCCS(=O)(=O)NC[C@H]2CCCC[C@@H]2O)CCCCC1. The molecule has 0 radical (unpaired) electrons. The molecule has 0 bridgehead atoms. The van der Waals surface area contributed by atoms with Gasteiger partial charge in [0.25, 0.3) is 0 Å². The molecule has 0 amide bonds. The van der Waals surface area contributed by atoms with Crippen LogP contribution in [0.2, 0.25) is 0 Å². The van der Waals surface area contributed by atoms with Crippen LogP contribution < -0.4 is 4.72 Å². The van der Waals surface area contributed by atoms with E-state index in [0.717, 1.165) is 44.9 Å². The fraction of sp³-hybridized carbons (Fsp3) is 0.938. The van der Waals surface area contributed by atoms with Crippen LogP contribution in [0.5, 0.6) is 0 Å². The van der Waals surface area contributed by atoms with E-state index in [4.69, 9.17) is 4.74 Å². The number of sulfonamides is 1. The summed E-state index contributed by atoms with van der Waals surface area (Å²) in [6.45, 7) is 0.322. The summed E-state index contributed by atoms with van der Waals surface area (Å²) in [5.41, 5.74) is -0.798. The Hall–Kier alpha value is -0.680. The molecule has 0 unspecified atom stereocenters. The molecule has 0 aromatic carbocycles. The Morgan fingerprint density at radius 2 is 1.87 bits per heavy atom. The summed E-state index contributed by atoms with van der Waals surface area (Å²) < 4.78 is 32.3. The molecule has 0 spiro atoms. The maximum absolute atomic E-state index is 12.1. The Balaban J connectivity index is 1.74. The van der Waals surface area contributed by atoms with Gasteiger partial charge in [0.05, 0.1) is 24.5 Å². The summed E-state index contributed by atoms with van der Waals surface area (Å²) in [4.78, 5) is 0. The number of nitrogens with one attached hydrogen (secondary N) is 1. The molecule has 2 atom stereocenters. The molecule has 0 aromatic rings. The topological polar surface area (TPSA) is 99.4 Å². The van der Waals surface area contributed by atoms with Crippen LogP contribution >= 0.6 is 0 Å². The van der Waals surface area contributed by atoms with Crippen LogP contribution in [0.1, 0.15) is 57.8 Å². The van der Waals surface area contributed by atoms with E-state index in [1.165, 1.54) is 0 Å². The smallest absolute Gasteiger partial charge is 0.213 e. The van der Waals surface area contributed by atoms with Crippen molar-refractivity contribution >= 4 is 10.0 Å². The van der Waals surface area contributed by atoms with Crippen molar-refractivity contribution in [2.45, 2.75) is 69.5 Å². The molecule has 0 aliphatic heterocycles. The highest BCUT2D eigenvalue weighted by Gasteiger charge is 2.33. The van der Waals surface area contributed by atoms with Crippen molar-refractivity contribution in [3.05, 3.63) is 0 Å². The van der Waals surface area contributed by atoms with Crippen LogP contribution in [-0.2, 0) is 14.8 Å². The zero-order valence-electron chi connectivity index (χ0n) is 13.7. The molecule has 0 saturated heterocycles. The molecular formula is C16H28N2O4S. The van der Waals surface area contributed by atoms with E-state index in [9.17, 15) is 18.8 Å². The first-order valence-corrected chi connectivity index (χ1v) is 10.3. The normalized spacial score (nSPS) is 28.2. The van der Waals surface area contributed by atoms with Gasteiger partial charge in [-0.15, -0.1) is 0 Å². The minimum absolute atomic E-state index is 0.00300. The molecule has 0 heterocycles. The molecular weight excluding hydrogens is 316 g/mol. The molecule has 23 heavy (non-hydrogen) atoms. The quantitative estimate of drug-likeness (QED) is 0.732. The average Bonchev–Trinajstić information content (AvgIpc) is 2.55. The molecule has 7 heteroatoms. The summed E-state index contributed by atoms with van der Waals surface area (Å²) in [6, 6.07) is 2.22. The molecule has 2 N–H and O–H groups in total. The van der Waals surface area contributed by atoms with E-state index in [2.05, 4.69) is 10.8 Å². The first-order valence-electron chi connectivity index (χ1n) is 8.67. The van der Waals surface area contributed by atoms with Crippen molar-refractivity contribution in [1.82, 2.24) is 4.72 Å². The third-order valence-corrected chi connectivity index (χ3v) is 6.34. The van der Waals surface area contributed by atoms with Gasteiger partial charge in [0, 0.05) is 6.54 Å². The van der Waals surface area contributed by atoms with Gasteiger partial charge in [-0.2, -0.15) is 5.26 Å². The number of aliphatic hydroxyl groups is 1. The van der Waals surface area contributed by atoms with Crippen LogP contribution in [0.3, 0.4) is 0 Å². The van der Waals surface area contributed by atoms with E-state index in [0.29, 0.717) is 12.8 Å². The summed E-state index contributed by atoms with van der Waals surface area (Å²) >= 11 is 0. The Labute approximate surface area is 139 Å². The number of aliphatic hydroxyl groups excluding tert-OH is 1. The van der Waals surface area contributed by atoms with Gasteiger partial charge in [0.15, 0.2) is 5.60 Å². The zero-order valence-corrected chi connectivity index (χ0v) is 14.5. The van der Waals surface area contributed by atoms with Crippen molar-refractivity contribution in [2.75, 3.05) is 18.9 Å². The Kier molecular flexibility index (Phi) is 6.84. The van der Waals surface area contributed by atoms with Crippen molar-refractivity contribution in [3.8, 4) is 6.07 Å². The third kappa shape index (κ3) is 5.71. The van der Waals surface area contributed by atoms with Crippen molar-refractivity contribution in [3.63, 3.8) is 0 Å². The van der Waals surface area contributed by atoms with Gasteiger partial charge in [-0.25, -0.2) is 13.1 Å². The second-order valence-corrected chi connectivity index (χ2v) is 8.72. The number of hydrogen-bond acceptors (Lipinski definition) is 5. The lowest BCUT2D eigenvalue weighted by atomic mass is 9.86. The predicted octanol–water partition coefficient (Wildman–Crippen LogP) is 1.70. The fourth-order valence-corrected chi connectivity index (χ4v) is 4.41. The first kappa shape index (κ1) is 18.7. The number of hydrogen-bond donors (Lipinski definition) is 2. The first-order chi connectivity index (χ1) is 11.0. The fourth-order valence-electron chi connectivity index (χ4n) is 3.49. The molecule has 2 rings (SSSR count). The van der Waals surface area contributed by atoms with Crippen LogP contribution in [0, 0.1) is 17.2 Å². The van der Waals surface area contributed by atoms with Gasteiger partial charge in [-0.3, -0.25) is 0 Å².